The second kappa shape index (κ2) is 7.41. The van der Waals surface area contributed by atoms with E-state index >= 15 is 0 Å². The quantitative estimate of drug-likeness (QED) is 0.655. The van der Waals surface area contributed by atoms with Gasteiger partial charge in [0.2, 0.25) is 0 Å². The topological polar surface area (TPSA) is 26.3 Å². The number of hydrogen-bond donors (Lipinski definition) is 0. The summed E-state index contributed by atoms with van der Waals surface area (Å²) in [5.74, 6) is 2.52. The lowest BCUT2D eigenvalue weighted by Gasteiger charge is -2.07. The average Bonchev–Trinajstić information content (AvgIpc) is 2.67. The molecule has 0 spiro atoms. The van der Waals surface area contributed by atoms with Gasteiger partial charge in [-0.1, -0.05) is 25.7 Å². The fourth-order valence-electron chi connectivity index (χ4n) is 2.11. The first-order valence-electron chi connectivity index (χ1n) is 5.67. The summed E-state index contributed by atoms with van der Waals surface area (Å²) in [7, 11) is 1.02. The second-order valence-electron chi connectivity index (χ2n) is 4.13. The molecule has 0 heterocycles. The Hall–Kier alpha value is 0.110. The maximum absolute atomic E-state index is 11.4. The van der Waals surface area contributed by atoms with E-state index in [1.165, 1.54) is 32.1 Å². The minimum atomic E-state index is -0.645. The van der Waals surface area contributed by atoms with Gasteiger partial charge in [0.05, 0.1) is 6.61 Å². The molecule has 3 heteroatoms. The summed E-state index contributed by atoms with van der Waals surface area (Å²) in [6.45, 7) is 0.635. The number of hydrogen-bond acceptors (Lipinski definition) is 2. The molecule has 1 aliphatic rings. The second-order valence-corrected chi connectivity index (χ2v) is 5.83. The van der Waals surface area contributed by atoms with E-state index in [-0.39, 0.29) is 0 Å². The first kappa shape index (κ1) is 12.2. The predicted octanol–water partition coefficient (Wildman–Crippen LogP) is 2.35. The Labute approximate surface area is 89.9 Å². The zero-order chi connectivity index (χ0) is 10.2. The normalized spacial score (nSPS) is 20.1. The Bertz CT molecular complexity index is 165. The molecule has 0 radical (unpaired) electrons. The highest BCUT2D eigenvalue weighted by atomic mass is 32.2. The summed E-state index contributed by atoms with van der Waals surface area (Å²) in [6, 6.07) is 0. The monoisotopic (exact) mass is 218 g/mol. The lowest BCUT2D eigenvalue weighted by molar-refractivity contribution is 0.218. The van der Waals surface area contributed by atoms with Gasteiger partial charge in [0.1, 0.15) is 0 Å². The van der Waals surface area contributed by atoms with Gasteiger partial charge in [-0.25, -0.2) is 0 Å². The van der Waals surface area contributed by atoms with Crippen molar-refractivity contribution in [3.63, 3.8) is 0 Å². The molecule has 1 unspecified atom stereocenters. The van der Waals surface area contributed by atoms with Crippen molar-refractivity contribution in [2.75, 3.05) is 25.2 Å². The van der Waals surface area contributed by atoms with Crippen LogP contribution in [0.25, 0.3) is 0 Å². The van der Waals surface area contributed by atoms with Crippen molar-refractivity contribution in [3.05, 3.63) is 0 Å². The van der Waals surface area contributed by atoms with Gasteiger partial charge in [-0.3, -0.25) is 4.21 Å². The van der Waals surface area contributed by atoms with Crippen molar-refractivity contribution >= 4 is 10.8 Å². The van der Waals surface area contributed by atoms with Crippen molar-refractivity contribution < 1.29 is 8.95 Å². The highest BCUT2D eigenvalue weighted by Gasteiger charge is 2.14. The fraction of sp³-hybridized carbons (Fsp3) is 1.00. The molecule has 84 valence electrons. The molecule has 1 fully saturated rings. The largest absolute Gasteiger partial charge is 0.384 e. The summed E-state index contributed by atoms with van der Waals surface area (Å²) in [4.78, 5) is 0. The van der Waals surface area contributed by atoms with Crippen LogP contribution in [0.4, 0.5) is 0 Å². The van der Waals surface area contributed by atoms with Crippen LogP contribution in [0.2, 0.25) is 0 Å². The van der Waals surface area contributed by atoms with Crippen molar-refractivity contribution in [1.82, 2.24) is 0 Å². The van der Waals surface area contributed by atoms with E-state index in [0.29, 0.717) is 12.4 Å². The van der Waals surface area contributed by atoms with Crippen molar-refractivity contribution in [2.24, 2.45) is 5.92 Å². The third-order valence-corrected chi connectivity index (χ3v) is 4.34. The van der Waals surface area contributed by atoms with Crippen LogP contribution in [-0.2, 0) is 15.5 Å². The van der Waals surface area contributed by atoms with Crippen molar-refractivity contribution in [3.8, 4) is 0 Å². The van der Waals surface area contributed by atoms with Gasteiger partial charge in [0.25, 0.3) is 0 Å². The van der Waals surface area contributed by atoms with E-state index in [2.05, 4.69) is 0 Å². The van der Waals surface area contributed by atoms with Crippen LogP contribution >= 0.6 is 0 Å². The summed E-state index contributed by atoms with van der Waals surface area (Å²) in [6.07, 6.45) is 8.07. The Balaban J connectivity index is 1.94. The lowest BCUT2D eigenvalue weighted by atomic mass is 10.0. The maximum atomic E-state index is 11.4. The number of rotatable bonds is 7. The Kier molecular flexibility index (Phi) is 6.45. The summed E-state index contributed by atoms with van der Waals surface area (Å²) < 4.78 is 16.3. The molecule has 0 aliphatic heterocycles. The van der Waals surface area contributed by atoms with Crippen LogP contribution < -0.4 is 0 Å². The Morgan fingerprint density at radius 2 is 2.00 bits per heavy atom. The summed E-state index contributed by atoms with van der Waals surface area (Å²) in [5, 5.41) is 0. The molecule has 0 bridgehead atoms. The molecule has 1 saturated carbocycles. The van der Waals surface area contributed by atoms with E-state index in [9.17, 15) is 4.21 Å². The SMILES string of the molecule is COCCS(=O)CCCC1CCCC1. The van der Waals surface area contributed by atoms with E-state index in [0.717, 1.165) is 18.1 Å². The van der Waals surface area contributed by atoms with E-state index in [4.69, 9.17) is 4.74 Å². The van der Waals surface area contributed by atoms with Gasteiger partial charge in [-0.15, -0.1) is 0 Å². The molecule has 1 atom stereocenters. The first-order chi connectivity index (χ1) is 6.83. The Morgan fingerprint density at radius 3 is 2.64 bits per heavy atom. The Morgan fingerprint density at radius 1 is 1.29 bits per heavy atom. The third kappa shape index (κ3) is 5.11. The summed E-state index contributed by atoms with van der Waals surface area (Å²) >= 11 is 0. The molecule has 0 N–H and O–H groups in total. The predicted molar refractivity (Wildman–Crippen MR) is 60.9 cm³/mol. The summed E-state index contributed by atoms with van der Waals surface area (Å²) in [5.41, 5.74) is 0. The molecule has 0 saturated heterocycles. The van der Waals surface area contributed by atoms with Crippen LogP contribution in [0.15, 0.2) is 0 Å². The zero-order valence-corrected chi connectivity index (χ0v) is 9.98. The number of methoxy groups -OCH3 is 1. The smallest absolute Gasteiger partial charge is 0.0577 e. The molecular formula is C11H22O2S. The first-order valence-corrected chi connectivity index (χ1v) is 7.15. The van der Waals surface area contributed by atoms with E-state index in [1.54, 1.807) is 7.11 Å². The molecule has 0 aromatic rings. The molecule has 0 aromatic heterocycles. The third-order valence-electron chi connectivity index (χ3n) is 2.97. The minimum absolute atomic E-state index is 0.635. The molecular weight excluding hydrogens is 196 g/mol. The lowest BCUT2D eigenvalue weighted by Crippen LogP contribution is -2.08. The molecule has 2 nitrogen and oxygen atoms in total. The van der Waals surface area contributed by atoms with Gasteiger partial charge in [0.15, 0.2) is 0 Å². The van der Waals surface area contributed by atoms with Gasteiger partial charge in [-0.05, 0) is 18.8 Å². The van der Waals surface area contributed by atoms with Crippen LogP contribution in [0.5, 0.6) is 0 Å². The van der Waals surface area contributed by atoms with Crippen LogP contribution in [-0.4, -0.2) is 29.4 Å². The van der Waals surface area contributed by atoms with Crippen LogP contribution in [0, 0.1) is 5.92 Å². The molecule has 0 aromatic carbocycles. The van der Waals surface area contributed by atoms with E-state index < -0.39 is 10.8 Å². The van der Waals surface area contributed by atoms with Gasteiger partial charge < -0.3 is 4.74 Å². The highest BCUT2D eigenvalue weighted by molar-refractivity contribution is 7.84. The van der Waals surface area contributed by atoms with Gasteiger partial charge >= 0.3 is 0 Å². The van der Waals surface area contributed by atoms with Crippen molar-refractivity contribution in [1.29, 1.82) is 0 Å². The highest BCUT2D eigenvalue weighted by Crippen LogP contribution is 2.28. The fourth-order valence-corrected chi connectivity index (χ4v) is 3.16. The maximum Gasteiger partial charge on any atom is 0.0577 e. The van der Waals surface area contributed by atoms with E-state index in [1.807, 2.05) is 0 Å². The van der Waals surface area contributed by atoms with Gasteiger partial charge in [-0.2, -0.15) is 0 Å². The average molecular weight is 218 g/mol. The van der Waals surface area contributed by atoms with Crippen LogP contribution in [0.3, 0.4) is 0 Å². The van der Waals surface area contributed by atoms with Crippen LogP contribution in [0.1, 0.15) is 38.5 Å². The molecule has 1 rings (SSSR count). The minimum Gasteiger partial charge on any atom is -0.384 e. The molecule has 14 heavy (non-hydrogen) atoms. The molecule has 0 amide bonds. The van der Waals surface area contributed by atoms with Gasteiger partial charge in [0, 0.05) is 29.4 Å². The standard InChI is InChI=1S/C11H22O2S/c1-13-8-10-14(12)9-4-7-11-5-2-3-6-11/h11H,2-10H2,1H3. The molecule has 1 aliphatic carbocycles. The van der Waals surface area contributed by atoms with Crippen molar-refractivity contribution in [2.45, 2.75) is 38.5 Å². The zero-order valence-electron chi connectivity index (χ0n) is 9.17. The number of ether oxygens (including phenoxy) is 1.